The van der Waals surface area contributed by atoms with Crippen molar-refractivity contribution in [3.8, 4) is 11.5 Å². The van der Waals surface area contributed by atoms with Gasteiger partial charge in [-0.15, -0.1) is 11.8 Å². The van der Waals surface area contributed by atoms with E-state index in [0.29, 0.717) is 63.8 Å². The van der Waals surface area contributed by atoms with Crippen LogP contribution in [0.5, 0.6) is 11.5 Å². The summed E-state index contributed by atoms with van der Waals surface area (Å²) in [5.41, 5.74) is 24.1. The second-order valence-electron chi connectivity index (χ2n) is 35.4. The number of aromatic nitrogens is 3. The van der Waals surface area contributed by atoms with Gasteiger partial charge >= 0.3 is 0 Å². The number of phenolic OH excluding ortho intramolecular Hbond substituents is 2. The van der Waals surface area contributed by atoms with Crippen molar-refractivity contribution in [1.82, 2.24) is 99.6 Å². The lowest BCUT2D eigenvalue weighted by Crippen LogP contribution is -2.64. The van der Waals surface area contributed by atoms with E-state index in [1.807, 2.05) is 0 Å². The number of nitrogens with zero attached hydrogens (tertiary/aromatic N) is 2. The Morgan fingerprint density at radius 1 is 0.493 bits per heavy atom. The molecule has 0 radical (unpaired) electrons. The third kappa shape index (κ3) is 35.9. The number of H-pyrrole nitrogens is 1. The molecule has 45 heteroatoms. The largest absolute Gasteiger partial charge is 0.508 e. The Balaban J connectivity index is 1.23. The van der Waals surface area contributed by atoms with Gasteiger partial charge in [-0.1, -0.05) is 123 Å². The standard InChI is InChI=1S/C97H134N24O20S/c1-7-55(3)80-93(139)110-69(30-21-41-104-96(101)102)83(129)108-68(29-18-20-40-99)85(131)115-76(51-122)92(138)120-97(5,6)95(141)117-73(43-58-24-13-10-14-25-58)89(135)109-67(28-17-19-39-98)84(130)111-71(44-59-31-35-63(124)36-32-59)87(133)113-74(46-61-48-105-66-27-16-15-26-65(61)66)90(136)112-72(45-60-33-37-64(125)38-34-60)88(134)116-77(82(128)106-50-78(100)126)52-142-53-79(127)107-70(42-57-22-11-9-12-23-57)86(132)114-75(47-62-49-103-54-121(62)8-2)91(137)119-81(56(4)123)94(140)118-80/h9-16,22-27,31-38,48-49,54-56,67-77,80-81,105,122-125H,7-8,17-21,28-30,39-47,50-53,98-99H2,1-6H3,(H2,100,126)(H,106,128)(H,107,127)(H,108,129)(H,109,135)(H,110,139)(H,111,130)(H,112,136)(H,113,133)(H,114,132)(H,115,131)(H,116,134)(H,117,141)(H,118,140)(H,119,137)(H,120,138)(H4,101,102,104)/t55-,56+,67-,68-,69-,70-,71-,72-,73-,74-,75-,76-,77-,80-,81-/m0/s1. The van der Waals surface area contributed by atoms with Crippen LogP contribution in [0, 0.1) is 11.3 Å². The van der Waals surface area contributed by atoms with Crippen molar-refractivity contribution in [2.24, 2.45) is 28.9 Å². The van der Waals surface area contributed by atoms with Gasteiger partial charge in [0.25, 0.3) is 0 Å². The van der Waals surface area contributed by atoms with E-state index in [1.54, 1.807) is 116 Å². The Morgan fingerprint density at radius 3 is 1.40 bits per heavy atom. The maximum absolute atomic E-state index is 15.7. The van der Waals surface area contributed by atoms with Crippen molar-refractivity contribution in [3.63, 3.8) is 0 Å². The zero-order chi connectivity index (χ0) is 104. The number of benzene rings is 5. The van der Waals surface area contributed by atoms with E-state index in [9.17, 15) is 63.6 Å². The fourth-order valence-corrected chi connectivity index (χ4v) is 16.4. The minimum atomic E-state index is -2.04. The molecule has 768 valence electrons. The van der Waals surface area contributed by atoms with E-state index in [-0.39, 0.29) is 115 Å². The summed E-state index contributed by atoms with van der Waals surface area (Å²) in [6, 6.07) is 13.2. The molecule has 0 unspecified atom stereocenters. The number of para-hydroxylation sites is 1. The Hall–Kier alpha value is -14.6. The van der Waals surface area contributed by atoms with Gasteiger partial charge in [-0.3, -0.25) is 82.1 Å². The van der Waals surface area contributed by atoms with E-state index in [4.69, 9.17) is 28.3 Å². The van der Waals surface area contributed by atoms with Crippen molar-refractivity contribution in [3.05, 3.63) is 186 Å². The number of carbonyl (C=O) groups excluding carboxylic acids is 16. The highest BCUT2D eigenvalue weighted by molar-refractivity contribution is 8.00. The lowest BCUT2D eigenvalue weighted by molar-refractivity contribution is -0.138. The van der Waals surface area contributed by atoms with Gasteiger partial charge in [-0.25, -0.2) is 4.98 Å². The molecule has 16 amide bonds. The molecule has 2 aromatic heterocycles. The van der Waals surface area contributed by atoms with Gasteiger partial charge in [-0.2, -0.15) is 0 Å². The molecule has 1 saturated heterocycles. The van der Waals surface area contributed by atoms with Gasteiger partial charge in [0.15, 0.2) is 5.96 Å². The van der Waals surface area contributed by atoms with Crippen LogP contribution in [0.2, 0.25) is 0 Å². The number of aryl methyl sites for hydroxylation is 1. The van der Waals surface area contributed by atoms with Gasteiger partial charge in [0, 0.05) is 86.4 Å². The number of nitrogens with one attached hydrogen (secondary N) is 18. The summed E-state index contributed by atoms with van der Waals surface area (Å²) in [5.74, 6) is -18.8. The monoisotopic (exact) mass is 1990 g/mol. The predicted octanol–water partition coefficient (Wildman–Crippen LogP) is -2.96. The summed E-state index contributed by atoms with van der Waals surface area (Å²) in [5, 5.41) is 94.0. The van der Waals surface area contributed by atoms with Crippen LogP contribution in [0.25, 0.3) is 10.9 Å². The van der Waals surface area contributed by atoms with Crippen LogP contribution in [-0.2, 0) is 122 Å². The molecule has 1 aliphatic rings. The first-order valence-corrected chi connectivity index (χ1v) is 48.3. The molecule has 0 spiro atoms. The number of carbonyl (C=O) groups is 16. The third-order valence-corrected chi connectivity index (χ3v) is 24.8. The number of guanidine groups is 1. The number of unbranched alkanes of at least 4 members (excludes halogenated alkanes) is 2. The normalized spacial score (nSPS) is 22.6. The summed E-state index contributed by atoms with van der Waals surface area (Å²) in [7, 11) is 0. The summed E-state index contributed by atoms with van der Waals surface area (Å²) >= 11 is 0.756. The first-order valence-electron chi connectivity index (χ1n) is 47.2. The van der Waals surface area contributed by atoms with Crippen LogP contribution in [0.1, 0.15) is 133 Å². The lowest BCUT2D eigenvalue weighted by Gasteiger charge is -2.31. The second kappa shape index (κ2) is 56.6. The summed E-state index contributed by atoms with van der Waals surface area (Å²) < 4.78 is 1.66. The number of nitrogens with two attached hydrogens (primary N) is 4. The molecule has 1 aliphatic heterocycles. The van der Waals surface area contributed by atoms with E-state index in [0.717, 1.165) is 11.8 Å². The topological polar surface area (TPSA) is 708 Å². The van der Waals surface area contributed by atoms with E-state index >= 15 is 33.6 Å². The van der Waals surface area contributed by atoms with Gasteiger partial charge in [0.1, 0.15) is 95.6 Å². The fraction of sp³-hybridized carbons (Fsp3) is 0.464. The molecular formula is C97H134N24O20S. The van der Waals surface area contributed by atoms with Crippen molar-refractivity contribution in [1.29, 1.82) is 5.41 Å². The number of phenols is 2. The minimum Gasteiger partial charge on any atom is -0.508 e. The van der Waals surface area contributed by atoms with Gasteiger partial charge < -0.3 is 138 Å². The minimum absolute atomic E-state index is 0.0217. The number of aromatic hydroxyl groups is 2. The zero-order valence-electron chi connectivity index (χ0n) is 80.3. The average molecular weight is 1990 g/mol. The fourth-order valence-electron chi connectivity index (χ4n) is 15.6. The van der Waals surface area contributed by atoms with Crippen LogP contribution in [0.3, 0.4) is 0 Å². The van der Waals surface area contributed by atoms with Crippen molar-refractivity contribution < 1.29 is 97.1 Å². The van der Waals surface area contributed by atoms with E-state index in [2.05, 4.69) is 95.0 Å². The SMILES string of the molecule is CC[C@H](C)[C@@H]1NC(=O)[C@H]([C@@H](C)O)NC(=O)[C@H](Cc2cncn2CC)NC(=O)[C@H](Cc2ccccc2)NC(=O)CSC[C@@H](C(=O)NCC(N)=O)NC(=O)[C@H](Cc2ccc(O)cc2)NC(=O)[C@H](Cc2c[nH]c3ccccc23)NC(=O)[C@H](Cc2ccc(O)cc2)NC(=O)[C@H](CCCCN)NC(=O)[C@H](Cc2ccccc2)NC(=O)C(C)(C)NC(=O)[C@H](CO)NC(=O)[C@H](CCCCN)NC(=O)[C@H](CCCNC(=N)N)NC1=O. The number of aliphatic hydroxyl groups excluding tert-OH is 2. The number of imidazole rings is 1. The van der Waals surface area contributed by atoms with Crippen LogP contribution < -0.4 is 108 Å². The molecule has 5 aromatic carbocycles. The molecular weight excluding hydrogens is 1850 g/mol. The highest BCUT2D eigenvalue weighted by Crippen LogP contribution is 2.23. The van der Waals surface area contributed by atoms with Crippen LogP contribution in [0.15, 0.2) is 152 Å². The first-order chi connectivity index (χ1) is 67.8. The zero-order valence-corrected chi connectivity index (χ0v) is 81.1. The molecule has 44 nitrogen and oxygen atoms in total. The molecule has 0 bridgehead atoms. The number of aliphatic hydroxyl groups is 2. The van der Waals surface area contributed by atoms with E-state index < -0.39 is 221 Å². The average Bonchev–Trinajstić information content (AvgIpc) is 1.56. The molecule has 8 rings (SSSR count). The second-order valence-corrected chi connectivity index (χ2v) is 36.4. The molecule has 0 aliphatic carbocycles. The maximum atomic E-state index is 15.7. The number of thioether (sulfide) groups is 1. The van der Waals surface area contributed by atoms with E-state index in [1.165, 1.54) is 81.8 Å². The number of aromatic amines is 1. The highest BCUT2D eigenvalue weighted by atomic mass is 32.2. The van der Waals surface area contributed by atoms with Crippen molar-refractivity contribution in [2.45, 2.75) is 235 Å². The number of hydrogen-bond donors (Lipinski definition) is 26. The quantitative estimate of drug-likeness (QED) is 0.0114. The van der Waals surface area contributed by atoms with Gasteiger partial charge in [0.2, 0.25) is 94.5 Å². The molecule has 142 heavy (non-hydrogen) atoms. The summed E-state index contributed by atoms with van der Waals surface area (Å²) in [4.78, 5) is 245. The molecule has 0 saturated carbocycles. The molecule has 7 aromatic rings. The van der Waals surface area contributed by atoms with Crippen LogP contribution in [-0.4, -0.2) is 270 Å². The highest BCUT2D eigenvalue weighted by Gasteiger charge is 2.42. The first kappa shape index (κ1) is 113. The maximum Gasteiger partial charge on any atom is 0.245 e. The number of primary amides is 1. The lowest BCUT2D eigenvalue weighted by atomic mass is 9.96. The number of fused-ring (bicyclic) bond motifs is 1. The van der Waals surface area contributed by atoms with Gasteiger partial charge in [-0.05, 0) is 156 Å². The van der Waals surface area contributed by atoms with Crippen molar-refractivity contribution in [2.75, 3.05) is 44.3 Å². The Labute approximate surface area is 826 Å². The summed E-state index contributed by atoms with van der Waals surface area (Å²) in [6.45, 7) is 7.41. The van der Waals surface area contributed by atoms with Crippen LogP contribution >= 0.6 is 11.8 Å². The number of amides is 16. The van der Waals surface area contributed by atoms with Gasteiger partial charge in [0.05, 0.1) is 31.3 Å². The molecule has 1 fully saturated rings. The number of hydrogen-bond acceptors (Lipinski definition) is 25. The third-order valence-electron chi connectivity index (χ3n) is 23.8. The Morgan fingerprint density at radius 2 is 0.915 bits per heavy atom. The Bertz CT molecular complexity index is 5440. The smallest absolute Gasteiger partial charge is 0.245 e. The van der Waals surface area contributed by atoms with Crippen molar-refractivity contribution >= 4 is 123 Å². The Kier molecular flexibility index (Phi) is 44.9. The molecule has 15 atom stereocenters. The number of rotatable bonds is 32. The van der Waals surface area contributed by atoms with Crippen LogP contribution in [0.4, 0.5) is 0 Å². The summed E-state index contributed by atoms with van der Waals surface area (Å²) in [6.07, 6.45) is 1.50. The molecule has 30 N–H and O–H groups in total. The predicted molar refractivity (Wildman–Crippen MR) is 528 cm³/mol. The molecule has 3 heterocycles.